The molecule has 0 bridgehead atoms. The fourth-order valence-electron chi connectivity index (χ4n) is 1.72. The highest BCUT2D eigenvalue weighted by Gasteiger charge is 2.23. The summed E-state index contributed by atoms with van der Waals surface area (Å²) >= 11 is 0. The van der Waals surface area contributed by atoms with Crippen LogP contribution < -0.4 is 5.32 Å². The van der Waals surface area contributed by atoms with E-state index in [1.165, 1.54) is 6.42 Å². The first kappa shape index (κ1) is 11.0. The molecule has 0 amide bonds. The van der Waals surface area contributed by atoms with Crippen LogP contribution in [0.5, 0.6) is 0 Å². The monoisotopic (exact) mass is 187 g/mol. The molecule has 0 spiro atoms. The van der Waals surface area contributed by atoms with Gasteiger partial charge in [-0.1, -0.05) is 6.92 Å². The molecule has 1 fully saturated rings. The average Bonchev–Trinajstić information content (AvgIpc) is 2.09. The smallest absolute Gasteiger partial charge is 0.0784 e. The maximum absolute atomic E-state index is 5.86. The maximum atomic E-state index is 5.86. The molecule has 13 heavy (non-hydrogen) atoms. The first-order chi connectivity index (χ1) is 6.24. The third-order valence-corrected chi connectivity index (χ3v) is 2.57. The molecule has 3 nitrogen and oxygen atoms in total. The highest BCUT2D eigenvalue weighted by atomic mass is 16.5. The van der Waals surface area contributed by atoms with Crippen LogP contribution in [0.3, 0.4) is 0 Å². The average molecular weight is 187 g/mol. The normalized spacial score (nSPS) is 31.6. The Hall–Kier alpha value is -0.120. The van der Waals surface area contributed by atoms with Crippen LogP contribution in [0.2, 0.25) is 0 Å². The standard InChI is InChI=1S/C10H21NO2/c1-8-4-5-11-6-10(8)13-9(2)7-12-3/h8-11H,4-7H2,1-3H3. The van der Waals surface area contributed by atoms with Gasteiger partial charge in [0.15, 0.2) is 0 Å². The molecule has 3 unspecified atom stereocenters. The van der Waals surface area contributed by atoms with E-state index >= 15 is 0 Å². The summed E-state index contributed by atoms with van der Waals surface area (Å²) in [6.45, 7) is 7.11. The van der Waals surface area contributed by atoms with E-state index in [0.29, 0.717) is 18.6 Å². The Kier molecular flexibility index (Phi) is 4.70. The van der Waals surface area contributed by atoms with Gasteiger partial charge >= 0.3 is 0 Å². The van der Waals surface area contributed by atoms with Gasteiger partial charge in [-0.05, 0) is 25.8 Å². The topological polar surface area (TPSA) is 30.5 Å². The molecule has 1 saturated heterocycles. The van der Waals surface area contributed by atoms with Crippen molar-refractivity contribution in [3.8, 4) is 0 Å². The molecular weight excluding hydrogens is 166 g/mol. The van der Waals surface area contributed by atoms with Crippen LogP contribution in [-0.4, -0.2) is 39.0 Å². The molecule has 0 aromatic rings. The highest BCUT2D eigenvalue weighted by Crippen LogP contribution is 2.16. The molecule has 0 saturated carbocycles. The summed E-state index contributed by atoms with van der Waals surface area (Å²) in [5, 5.41) is 3.35. The molecule has 3 heteroatoms. The van der Waals surface area contributed by atoms with Crippen LogP contribution in [0.4, 0.5) is 0 Å². The summed E-state index contributed by atoms with van der Waals surface area (Å²) in [5.41, 5.74) is 0. The minimum Gasteiger partial charge on any atom is -0.382 e. The lowest BCUT2D eigenvalue weighted by Gasteiger charge is -2.31. The fourth-order valence-corrected chi connectivity index (χ4v) is 1.72. The molecule has 78 valence electrons. The molecule has 1 heterocycles. The maximum Gasteiger partial charge on any atom is 0.0784 e. The zero-order valence-electron chi connectivity index (χ0n) is 8.88. The second kappa shape index (κ2) is 5.58. The second-order valence-electron chi connectivity index (χ2n) is 3.91. The Labute approximate surface area is 80.8 Å². The molecule has 1 N–H and O–H groups in total. The third-order valence-electron chi connectivity index (χ3n) is 2.57. The van der Waals surface area contributed by atoms with E-state index in [9.17, 15) is 0 Å². The van der Waals surface area contributed by atoms with Gasteiger partial charge in [0, 0.05) is 13.7 Å². The molecule has 0 aromatic heterocycles. The van der Waals surface area contributed by atoms with E-state index in [-0.39, 0.29) is 6.10 Å². The van der Waals surface area contributed by atoms with Crippen molar-refractivity contribution in [1.29, 1.82) is 0 Å². The molecule has 0 aromatic carbocycles. The van der Waals surface area contributed by atoms with Gasteiger partial charge in [-0.3, -0.25) is 0 Å². The number of methoxy groups -OCH3 is 1. The number of nitrogens with one attached hydrogen (secondary N) is 1. The quantitative estimate of drug-likeness (QED) is 0.713. The summed E-state index contributed by atoms with van der Waals surface area (Å²) in [6, 6.07) is 0. The van der Waals surface area contributed by atoms with Crippen molar-refractivity contribution >= 4 is 0 Å². The molecule has 1 aliphatic rings. The van der Waals surface area contributed by atoms with Crippen LogP contribution >= 0.6 is 0 Å². The van der Waals surface area contributed by atoms with Gasteiger partial charge in [-0.25, -0.2) is 0 Å². The van der Waals surface area contributed by atoms with Crippen molar-refractivity contribution < 1.29 is 9.47 Å². The van der Waals surface area contributed by atoms with E-state index in [0.717, 1.165) is 13.1 Å². The Morgan fingerprint density at radius 2 is 2.31 bits per heavy atom. The van der Waals surface area contributed by atoms with Gasteiger partial charge < -0.3 is 14.8 Å². The summed E-state index contributed by atoms with van der Waals surface area (Å²) in [4.78, 5) is 0. The van der Waals surface area contributed by atoms with Gasteiger partial charge in [0.1, 0.15) is 0 Å². The van der Waals surface area contributed by atoms with Crippen molar-refractivity contribution in [2.75, 3.05) is 26.8 Å². The summed E-state index contributed by atoms with van der Waals surface area (Å²) in [6.07, 6.45) is 1.78. The Morgan fingerprint density at radius 3 is 2.92 bits per heavy atom. The van der Waals surface area contributed by atoms with Crippen LogP contribution in [0, 0.1) is 5.92 Å². The van der Waals surface area contributed by atoms with E-state index in [2.05, 4.69) is 19.2 Å². The van der Waals surface area contributed by atoms with Gasteiger partial charge in [-0.2, -0.15) is 0 Å². The lowest BCUT2D eigenvalue weighted by atomic mass is 9.97. The van der Waals surface area contributed by atoms with Crippen LogP contribution in [0.15, 0.2) is 0 Å². The first-order valence-electron chi connectivity index (χ1n) is 5.09. The molecule has 0 radical (unpaired) electrons. The van der Waals surface area contributed by atoms with Gasteiger partial charge in [-0.15, -0.1) is 0 Å². The summed E-state index contributed by atoms with van der Waals surface area (Å²) in [7, 11) is 1.71. The largest absolute Gasteiger partial charge is 0.382 e. The first-order valence-corrected chi connectivity index (χ1v) is 5.09. The Balaban J connectivity index is 2.25. The number of hydrogen-bond acceptors (Lipinski definition) is 3. The SMILES string of the molecule is COCC(C)OC1CNCCC1C. The van der Waals surface area contributed by atoms with E-state index in [4.69, 9.17) is 9.47 Å². The van der Waals surface area contributed by atoms with Crippen molar-refractivity contribution in [2.24, 2.45) is 5.92 Å². The molecule has 3 atom stereocenters. The minimum absolute atomic E-state index is 0.206. The highest BCUT2D eigenvalue weighted by molar-refractivity contribution is 4.76. The number of rotatable bonds is 4. The van der Waals surface area contributed by atoms with Gasteiger partial charge in [0.05, 0.1) is 18.8 Å². The molecular formula is C10H21NO2. The van der Waals surface area contributed by atoms with Gasteiger partial charge in [0.2, 0.25) is 0 Å². The van der Waals surface area contributed by atoms with Gasteiger partial charge in [0.25, 0.3) is 0 Å². The minimum atomic E-state index is 0.206. The Morgan fingerprint density at radius 1 is 1.54 bits per heavy atom. The lowest BCUT2D eigenvalue weighted by Crippen LogP contribution is -2.43. The lowest BCUT2D eigenvalue weighted by molar-refractivity contribution is -0.0663. The molecule has 1 aliphatic heterocycles. The summed E-state index contributed by atoms with van der Waals surface area (Å²) in [5.74, 6) is 0.667. The van der Waals surface area contributed by atoms with E-state index in [1.807, 2.05) is 0 Å². The third kappa shape index (κ3) is 3.63. The Bertz CT molecular complexity index is 141. The predicted molar refractivity (Wildman–Crippen MR) is 52.9 cm³/mol. The van der Waals surface area contributed by atoms with Crippen molar-refractivity contribution in [3.63, 3.8) is 0 Å². The second-order valence-corrected chi connectivity index (χ2v) is 3.91. The zero-order chi connectivity index (χ0) is 9.68. The van der Waals surface area contributed by atoms with Crippen molar-refractivity contribution in [1.82, 2.24) is 5.32 Å². The number of ether oxygens (including phenoxy) is 2. The van der Waals surface area contributed by atoms with Crippen molar-refractivity contribution in [3.05, 3.63) is 0 Å². The predicted octanol–water partition coefficient (Wildman–Crippen LogP) is 1.04. The zero-order valence-corrected chi connectivity index (χ0v) is 8.88. The van der Waals surface area contributed by atoms with Crippen LogP contribution in [0.25, 0.3) is 0 Å². The van der Waals surface area contributed by atoms with E-state index < -0.39 is 0 Å². The number of piperidine rings is 1. The van der Waals surface area contributed by atoms with Crippen LogP contribution in [0.1, 0.15) is 20.3 Å². The fraction of sp³-hybridized carbons (Fsp3) is 1.00. The van der Waals surface area contributed by atoms with Crippen LogP contribution in [-0.2, 0) is 9.47 Å². The molecule has 1 rings (SSSR count). The van der Waals surface area contributed by atoms with E-state index in [1.54, 1.807) is 7.11 Å². The number of hydrogen-bond donors (Lipinski definition) is 1. The summed E-state index contributed by atoms with van der Waals surface area (Å²) < 4.78 is 10.9. The molecule has 0 aliphatic carbocycles. The van der Waals surface area contributed by atoms with Crippen molar-refractivity contribution in [2.45, 2.75) is 32.5 Å².